The SMILES string of the molecule is N#C[C@H](CC1CCCNC1=O)NC(=O)[C@@H]1[C@H]2CCC[C@H]2CN1C(=O)[C@]1(NC(=O)C(F)(F)F)C[C@H]1C1CC1. The molecule has 7 atom stereocenters. The van der Waals surface area contributed by atoms with Gasteiger partial charge in [-0.2, -0.15) is 18.4 Å². The fraction of sp³-hybridized carbons (Fsp3) is 0.800. The highest BCUT2D eigenvalue weighted by Gasteiger charge is 2.69. The third-order valence-corrected chi connectivity index (χ3v) is 8.99. The van der Waals surface area contributed by atoms with E-state index in [-0.39, 0.29) is 49.0 Å². The Kier molecular flexibility index (Phi) is 6.61. The van der Waals surface area contributed by atoms with Crippen LogP contribution in [0.3, 0.4) is 0 Å². The molecular formula is C25H32F3N5O4. The number of carbonyl (C=O) groups is 4. The highest BCUT2D eigenvalue weighted by Crippen LogP contribution is 2.59. The maximum absolute atomic E-state index is 13.8. The van der Waals surface area contributed by atoms with Crippen LogP contribution in [0.25, 0.3) is 0 Å². The van der Waals surface area contributed by atoms with E-state index in [1.807, 2.05) is 11.4 Å². The van der Waals surface area contributed by atoms with E-state index in [0.29, 0.717) is 19.4 Å². The van der Waals surface area contributed by atoms with Crippen LogP contribution < -0.4 is 16.0 Å². The van der Waals surface area contributed by atoms with Gasteiger partial charge in [-0.1, -0.05) is 6.42 Å². The molecule has 2 aliphatic heterocycles. The molecule has 2 heterocycles. The summed E-state index contributed by atoms with van der Waals surface area (Å²) in [5.41, 5.74) is -1.64. The lowest BCUT2D eigenvalue weighted by Gasteiger charge is -2.32. The molecule has 37 heavy (non-hydrogen) atoms. The number of alkyl halides is 3. The number of hydrogen-bond donors (Lipinski definition) is 3. The number of rotatable bonds is 7. The average molecular weight is 524 g/mol. The molecule has 4 amide bonds. The minimum atomic E-state index is -5.12. The Hall–Kier alpha value is -2.84. The third kappa shape index (κ3) is 4.89. The molecule has 5 fully saturated rings. The Labute approximate surface area is 212 Å². The van der Waals surface area contributed by atoms with E-state index in [2.05, 4.69) is 10.6 Å². The molecule has 0 bridgehead atoms. The first kappa shape index (κ1) is 25.8. The number of hydrogen-bond acceptors (Lipinski definition) is 5. The molecule has 1 unspecified atom stereocenters. The fourth-order valence-electron chi connectivity index (χ4n) is 6.92. The molecule has 5 aliphatic rings. The molecule has 0 aromatic heterocycles. The predicted octanol–water partition coefficient (Wildman–Crippen LogP) is 1.39. The minimum Gasteiger partial charge on any atom is -0.356 e. The van der Waals surface area contributed by atoms with Gasteiger partial charge in [0.2, 0.25) is 17.7 Å². The van der Waals surface area contributed by atoms with Crippen LogP contribution >= 0.6 is 0 Å². The molecular weight excluding hydrogens is 491 g/mol. The zero-order valence-corrected chi connectivity index (χ0v) is 20.5. The molecule has 2 saturated heterocycles. The van der Waals surface area contributed by atoms with Crippen molar-refractivity contribution in [3.63, 3.8) is 0 Å². The van der Waals surface area contributed by atoms with Gasteiger partial charge in [0.25, 0.3) is 0 Å². The van der Waals surface area contributed by atoms with E-state index in [1.165, 1.54) is 4.90 Å². The molecule has 202 valence electrons. The Balaban J connectivity index is 1.34. The van der Waals surface area contributed by atoms with Crippen LogP contribution in [-0.4, -0.2) is 65.4 Å². The van der Waals surface area contributed by atoms with E-state index in [9.17, 15) is 37.6 Å². The predicted molar refractivity (Wildman–Crippen MR) is 122 cm³/mol. The molecule has 0 aromatic carbocycles. The van der Waals surface area contributed by atoms with Gasteiger partial charge in [0.15, 0.2) is 0 Å². The lowest BCUT2D eigenvalue weighted by Crippen LogP contribution is -2.59. The molecule has 5 rings (SSSR count). The molecule has 3 N–H and O–H groups in total. The van der Waals surface area contributed by atoms with Gasteiger partial charge in [0.1, 0.15) is 17.6 Å². The zero-order chi connectivity index (χ0) is 26.5. The summed E-state index contributed by atoms with van der Waals surface area (Å²) < 4.78 is 39.4. The molecule has 3 aliphatic carbocycles. The van der Waals surface area contributed by atoms with Crippen LogP contribution in [0, 0.1) is 40.9 Å². The third-order valence-electron chi connectivity index (χ3n) is 8.99. The lowest BCUT2D eigenvalue weighted by molar-refractivity contribution is -0.175. The highest BCUT2D eigenvalue weighted by molar-refractivity contribution is 5.99. The second kappa shape index (κ2) is 9.48. The van der Waals surface area contributed by atoms with E-state index in [0.717, 1.165) is 32.1 Å². The Morgan fingerprint density at radius 2 is 1.89 bits per heavy atom. The van der Waals surface area contributed by atoms with Crippen molar-refractivity contribution in [2.24, 2.45) is 29.6 Å². The normalized spacial score (nSPS) is 35.7. The number of nitrogens with zero attached hydrogens (tertiary/aromatic N) is 2. The number of fused-ring (bicyclic) bond motifs is 1. The van der Waals surface area contributed by atoms with Crippen molar-refractivity contribution in [3.8, 4) is 6.07 Å². The second-order valence-electron chi connectivity index (χ2n) is 11.4. The summed E-state index contributed by atoms with van der Waals surface area (Å²) >= 11 is 0. The van der Waals surface area contributed by atoms with E-state index >= 15 is 0 Å². The summed E-state index contributed by atoms with van der Waals surface area (Å²) in [6.45, 7) is 0.820. The first-order chi connectivity index (χ1) is 17.5. The number of nitrogens with one attached hydrogen (secondary N) is 3. The van der Waals surface area contributed by atoms with Gasteiger partial charge in [-0.05, 0) is 75.0 Å². The number of nitriles is 1. The van der Waals surface area contributed by atoms with Crippen molar-refractivity contribution < 1.29 is 32.3 Å². The van der Waals surface area contributed by atoms with Crippen molar-refractivity contribution in [2.75, 3.05) is 13.1 Å². The topological polar surface area (TPSA) is 131 Å². The van der Waals surface area contributed by atoms with Crippen molar-refractivity contribution >= 4 is 23.6 Å². The maximum Gasteiger partial charge on any atom is 0.471 e. The van der Waals surface area contributed by atoms with Crippen molar-refractivity contribution in [1.82, 2.24) is 20.9 Å². The number of carbonyl (C=O) groups excluding carboxylic acids is 4. The number of piperidine rings is 1. The number of halogens is 3. The lowest BCUT2D eigenvalue weighted by atomic mass is 9.90. The minimum absolute atomic E-state index is 0.0397. The monoisotopic (exact) mass is 523 g/mol. The summed E-state index contributed by atoms with van der Waals surface area (Å²) in [6, 6.07) is 0.193. The summed E-state index contributed by atoms with van der Waals surface area (Å²) in [6.07, 6.45) is 0.547. The van der Waals surface area contributed by atoms with Crippen LogP contribution in [0.5, 0.6) is 0 Å². The molecule has 3 saturated carbocycles. The molecule has 9 nitrogen and oxygen atoms in total. The van der Waals surface area contributed by atoms with Crippen molar-refractivity contribution in [1.29, 1.82) is 5.26 Å². The van der Waals surface area contributed by atoms with Crippen molar-refractivity contribution in [2.45, 2.75) is 81.6 Å². The largest absolute Gasteiger partial charge is 0.471 e. The van der Waals surface area contributed by atoms with Gasteiger partial charge in [-0.3, -0.25) is 19.2 Å². The van der Waals surface area contributed by atoms with Gasteiger partial charge < -0.3 is 20.9 Å². The molecule has 0 spiro atoms. The van der Waals surface area contributed by atoms with Crippen molar-refractivity contribution in [3.05, 3.63) is 0 Å². The Morgan fingerprint density at radius 1 is 1.14 bits per heavy atom. The summed E-state index contributed by atoms with van der Waals surface area (Å²) in [7, 11) is 0. The maximum atomic E-state index is 13.8. The first-order valence-electron chi connectivity index (χ1n) is 13.2. The van der Waals surface area contributed by atoms with Crippen LogP contribution in [0.15, 0.2) is 0 Å². The highest BCUT2D eigenvalue weighted by atomic mass is 19.4. The number of likely N-dealkylation sites (tertiary alicyclic amines) is 1. The summed E-state index contributed by atoms with van der Waals surface area (Å²) in [5, 5.41) is 17.2. The van der Waals surface area contributed by atoms with Crippen LogP contribution in [0.2, 0.25) is 0 Å². The van der Waals surface area contributed by atoms with Gasteiger partial charge in [0, 0.05) is 19.0 Å². The molecule has 12 heteroatoms. The second-order valence-corrected chi connectivity index (χ2v) is 11.4. The van der Waals surface area contributed by atoms with E-state index in [4.69, 9.17) is 0 Å². The average Bonchev–Trinajstić information content (AvgIpc) is 3.72. The quantitative estimate of drug-likeness (QED) is 0.464. The van der Waals surface area contributed by atoms with Gasteiger partial charge in [0.05, 0.1) is 6.07 Å². The zero-order valence-electron chi connectivity index (χ0n) is 20.5. The summed E-state index contributed by atoms with van der Waals surface area (Å²) in [4.78, 5) is 52.8. The van der Waals surface area contributed by atoms with Gasteiger partial charge in [-0.25, -0.2) is 0 Å². The standard InChI is InChI=1S/C25H32F3N5O4/c26-25(27,28)22(36)32-24(10-18(24)13-6-7-13)23(37)33-12-15-3-1-5-17(15)19(33)21(35)31-16(11-29)9-14-4-2-8-30-20(14)34/h13-19H,1-10,12H2,(H,30,34)(H,31,35)(H,32,36)/t14?,15-,16-,17-,18-,19-,24-/m0/s1. The first-order valence-corrected chi connectivity index (χ1v) is 13.2. The van der Waals surface area contributed by atoms with E-state index < -0.39 is 47.4 Å². The van der Waals surface area contributed by atoms with Crippen LogP contribution in [0.1, 0.15) is 57.8 Å². The van der Waals surface area contributed by atoms with Gasteiger partial charge in [-0.15, -0.1) is 0 Å². The Morgan fingerprint density at radius 3 is 2.54 bits per heavy atom. The smallest absolute Gasteiger partial charge is 0.356 e. The van der Waals surface area contributed by atoms with Gasteiger partial charge >= 0.3 is 12.1 Å². The van der Waals surface area contributed by atoms with Crippen LogP contribution in [-0.2, 0) is 19.2 Å². The number of amides is 4. The fourth-order valence-corrected chi connectivity index (χ4v) is 6.92. The molecule has 0 aromatic rings. The molecule has 0 radical (unpaired) electrons. The Bertz CT molecular complexity index is 1020. The van der Waals surface area contributed by atoms with Crippen LogP contribution in [0.4, 0.5) is 13.2 Å². The summed E-state index contributed by atoms with van der Waals surface area (Å²) in [5.74, 6) is -4.23. The van der Waals surface area contributed by atoms with E-state index in [1.54, 1.807) is 0 Å².